The molecule has 0 bridgehead atoms. The monoisotopic (exact) mass is 631 g/mol. The molecule has 11 nitrogen and oxygen atoms in total. The van der Waals surface area contributed by atoms with E-state index in [0.29, 0.717) is 43.9 Å². The van der Waals surface area contributed by atoms with E-state index in [2.05, 4.69) is 5.32 Å². The van der Waals surface area contributed by atoms with Crippen LogP contribution in [0.4, 0.5) is 10.5 Å². The summed E-state index contributed by atoms with van der Waals surface area (Å²) in [4.78, 5) is 13.3. The van der Waals surface area contributed by atoms with Gasteiger partial charge >= 0.3 is 6.09 Å². The van der Waals surface area contributed by atoms with Crippen molar-refractivity contribution in [1.82, 2.24) is 9.62 Å². The molecule has 44 heavy (non-hydrogen) atoms. The van der Waals surface area contributed by atoms with Crippen LogP contribution in [0.15, 0.2) is 53.4 Å². The number of hydrogen-bond acceptors (Lipinski definition) is 9. The molecule has 0 saturated carbocycles. The molecule has 3 aliphatic heterocycles. The van der Waals surface area contributed by atoms with Crippen molar-refractivity contribution in [3.63, 3.8) is 0 Å². The minimum absolute atomic E-state index is 0.0400. The summed E-state index contributed by atoms with van der Waals surface area (Å²) in [6.07, 6.45) is 3.31. The molecule has 2 aromatic rings. The lowest BCUT2D eigenvalue weighted by Gasteiger charge is -2.33. The average molecular weight is 632 g/mol. The summed E-state index contributed by atoms with van der Waals surface area (Å²) in [6, 6.07) is 13.4. The van der Waals surface area contributed by atoms with Crippen molar-refractivity contribution in [2.45, 2.75) is 87.4 Å². The van der Waals surface area contributed by atoms with Crippen LogP contribution in [-0.2, 0) is 42.0 Å². The van der Waals surface area contributed by atoms with Gasteiger partial charge in [-0.2, -0.15) is 4.31 Å². The van der Waals surface area contributed by atoms with Crippen LogP contribution in [0.2, 0.25) is 0 Å². The number of carbonyl (C=O) groups excluding carboxylic acids is 1. The number of anilines is 1. The maximum absolute atomic E-state index is 14.1. The predicted molar refractivity (Wildman–Crippen MR) is 164 cm³/mol. The minimum Gasteiger partial charge on any atom is -0.446 e. The van der Waals surface area contributed by atoms with Gasteiger partial charge in [-0.05, 0) is 55.0 Å². The quantitative estimate of drug-likeness (QED) is 0.390. The van der Waals surface area contributed by atoms with Gasteiger partial charge < -0.3 is 35.1 Å². The number of ether oxygens (including phenoxy) is 4. The summed E-state index contributed by atoms with van der Waals surface area (Å²) in [7, 11) is -4.04. The van der Waals surface area contributed by atoms with Crippen LogP contribution in [0.1, 0.15) is 56.1 Å². The van der Waals surface area contributed by atoms with E-state index < -0.39 is 28.3 Å². The van der Waals surface area contributed by atoms with Crippen LogP contribution >= 0.6 is 0 Å². The predicted octanol–water partition coefficient (Wildman–Crippen LogP) is 3.59. The number of β-amino-alcohol motifs (C(OH)–C–C–N with tert-alkyl or cyclic N) is 1. The first kappa shape index (κ1) is 32.6. The smallest absolute Gasteiger partial charge is 0.407 e. The Kier molecular flexibility index (Phi) is 11.5. The fourth-order valence-electron chi connectivity index (χ4n) is 6.20. The molecule has 0 spiro atoms. The Morgan fingerprint density at radius 3 is 2.59 bits per heavy atom. The Hall–Kier alpha value is -2.74. The Balaban J connectivity index is 1.36. The number of sulfonamides is 1. The average Bonchev–Trinajstić information content (AvgIpc) is 3.49. The number of nitrogens with two attached hydrogens (primary N) is 1. The Labute approximate surface area is 260 Å². The molecular formula is C32H45N3O8S. The van der Waals surface area contributed by atoms with Gasteiger partial charge in [-0.25, -0.2) is 13.2 Å². The second kappa shape index (κ2) is 15.5. The minimum atomic E-state index is -4.04. The number of nitrogen functional groups attached to an aromatic ring is 1. The number of aliphatic hydroxyl groups is 1. The van der Waals surface area contributed by atoms with Gasteiger partial charge in [0.25, 0.3) is 0 Å². The summed E-state index contributed by atoms with van der Waals surface area (Å²) in [5, 5.41) is 14.5. The van der Waals surface area contributed by atoms with Crippen molar-refractivity contribution < 1.29 is 37.3 Å². The molecule has 0 unspecified atom stereocenters. The van der Waals surface area contributed by atoms with E-state index in [9.17, 15) is 18.3 Å². The molecule has 2 fully saturated rings. The molecule has 1 amide bonds. The van der Waals surface area contributed by atoms with E-state index in [1.54, 1.807) is 12.1 Å². The number of nitrogens with one attached hydrogen (secondary N) is 1. The topological polar surface area (TPSA) is 150 Å². The number of carbonyl (C=O) groups is 1. The van der Waals surface area contributed by atoms with E-state index in [-0.39, 0.29) is 49.3 Å². The lowest BCUT2D eigenvalue weighted by Crippen LogP contribution is -2.52. The zero-order valence-electron chi connectivity index (χ0n) is 25.1. The Morgan fingerprint density at radius 1 is 1.02 bits per heavy atom. The molecule has 5 atom stereocenters. The second-order valence-electron chi connectivity index (χ2n) is 11.9. The van der Waals surface area contributed by atoms with Gasteiger partial charge in [0, 0.05) is 37.7 Å². The maximum Gasteiger partial charge on any atom is 0.407 e. The highest BCUT2D eigenvalue weighted by Crippen LogP contribution is 2.32. The van der Waals surface area contributed by atoms with Crippen LogP contribution in [0.5, 0.6) is 0 Å². The highest BCUT2D eigenvalue weighted by atomic mass is 32.2. The van der Waals surface area contributed by atoms with E-state index >= 15 is 0 Å². The van der Waals surface area contributed by atoms with E-state index in [0.717, 1.165) is 37.7 Å². The normalized spacial score (nSPS) is 26.1. The molecule has 0 aromatic heterocycles. The van der Waals surface area contributed by atoms with Crippen molar-refractivity contribution in [3.05, 3.63) is 59.7 Å². The van der Waals surface area contributed by atoms with Gasteiger partial charge in [0.2, 0.25) is 10.0 Å². The number of aliphatic hydroxyl groups excluding tert-OH is 1. The Bertz CT molecular complexity index is 1330. The van der Waals surface area contributed by atoms with Crippen molar-refractivity contribution in [2.24, 2.45) is 5.92 Å². The summed E-state index contributed by atoms with van der Waals surface area (Å²) < 4.78 is 52.5. The van der Waals surface area contributed by atoms with E-state index in [1.165, 1.54) is 10.4 Å². The molecule has 4 N–H and O–H groups in total. The van der Waals surface area contributed by atoms with Crippen LogP contribution in [0.3, 0.4) is 0 Å². The van der Waals surface area contributed by atoms with Crippen LogP contribution < -0.4 is 11.1 Å². The molecule has 2 aromatic carbocycles. The highest BCUT2D eigenvalue weighted by Gasteiger charge is 2.41. The van der Waals surface area contributed by atoms with Crippen LogP contribution in [-0.4, -0.2) is 81.4 Å². The fourth-order valence-corrected chi connectivity index (χ4v) is 7.89. The number of hydrogen-bond donors (Lipinski definition) is 3. The molecule has 242 valence electrons. The van der Waals surface area contributed by atoms with Crippen molar-refractivity contribution in [3.8, 4) is 0 Å². The third-order valence-electron chi connectivity index (χ3n) is 8.62. The second-order valence-corrected chi connectivity index (χ2v) is 13.8. The first-order valence-corrected chi connectivity index (χ1v) is 17.1. The number of rotatable bonds is 7. The summed E-state index contributed by atoms with van der Waals surface area (Å²) in [6.45, 7) is 1.68. The zero-order valence-corrected chi connectivity index (χ0v) is 26.0. The molecule has 0 radical (unpaired) electrons. The lowest BCUT2D eigenvalue weighted by molar-refractivity contribution is -0.179. The third kappa shape index (κ3) is 8.49. The number of nitrogens with zero attached hydrogens (tertiary/aromatic N) is 1. The first-order chi connectivity index (χ1) is 21.3. The standard InChI is InChI=1S/C32H45N3O8S/c33-25-11-12-30-24(20-25)22-40-16-8-3-1-2-7-15-35(44(30,38)39)21-28(36)27(19-23-9-5-4-6-10-23)34-32(37)43-29-14-18-42-31-26(29)13-17-41-31/h4-6,9-12,20,26-29,31,36H,1-3,7-8,13-19,21-22,33H2,(H,34,37)/t26-,27-,28+,29-,31+/m0/s1. The molecule has 5 rings (SSSR count). The molecule has 3 aliphatic rings. The van der Waals surface area contributed by atoms with Gasteiger partial charge in [-0.3, -0.25) is 0 Å². The summed E-state index contributed by atoms with van der Waals surface area (Å²) in [5.41, 5.74) is 7.83. The van der Waals surface area contributed by atoms with Crippen molar-refractivity contribution in [2.75, 3.05) is 38.6 Å². The number of amides is 1. The summed E-state index contributed by atoms with van der Waals surface area (Å²) in [5.74, 6) is -0.0400. The van der Waals surface area contributed by atoms with Crippen molar-refractivity contribution >= 4 is 21.8 Å². The SMILES string of the molecule is Nc1ccc2c(c1)COCCCCCCCN(C[C@@H](O)[C@H](Cc1ccccc1)NC(=O)O[C@H]1CCO[C@H]3OCC[C@H]31)S2(=O)=O. The number of benzene rings is 2. The zero-order chi connectivity index (χ0) is 30.9. The lowest BCUT2D eigenvalue weighted by atomic mass is 9.95. The molecule has 2 saturated heterocycles. The molecule has 3 heterocycles. The third-order valence-corrected chi connectivity index (χ3v) is 10.6. The van der Waals surface area contributed by atoms with Gasteiger partial charge in [0.15, 0.2) is 6.29 Å². The number of fused-ring (bicyclic) bond motifs is 2. The number of alkyl carbamates (subject to hydrolysis) is 1. The van der Waals surface area contributed by atoms with E-state index in [1.807, 2.05) is 30.3 Å². The van der Waals surface area contributed by atoms with Crippen molar-refractivity contribution in [1.29, 1.82) is 0 Å². The summed E-state index contributed by atoms with van der Waals surface area (Å²) >= 11 is 0. The van der Waals surface area contributed by atoms with Crippen LogP contribution in [0, 0.1) is 5.92 Å². The van der Waals surface area contributed by atoms with Crippen LogP contribution in [0.25, 0.3) is 0 Å². The van der Waals surface area contributed by atoms with Gasteiger partial charge in [-0.1, -0.05) is 49.6 Å². The van der Waals surface area contributed by atoms with Gasteiger partial charge in [0.1, 0.15) is 6.10 Å². The van der Waals surface area contributed by atoms with Gasteiger partial charge in [0.05, 0.1) is 36.9 Å². The van der Waals surface area contributed by atoms with E-state index in [4.69, 9.17) is 24.7 Å². The fraction of sp³-hybridized carbons (Fsp3) is 0.594. The highest BCUT2D eigenvalue weighted by molar-refractivity contribution is 7.89. The molecular weight excluding hydrogens is 586 g/mol. The van der Waals surface area contributed by atoms with Gasteiger partial charge in [-0.15, -0.1) is 0 Å². The molecule has 0 aliphatic carbocycles. The molecule has 12 heteroatoms. The largest absolute Gasteiger partial charge is 0.446 e. The first-order valence-electron chi connectivity index (χ1n) is 15.7. The Morgan fingerprint density at radius 2 is 1.77 bits per heavy atom. The maximum atomic E-state index is 14.1.